The Morgan fingerprint density at radius 2 is 1.77 bits per heavy atom. The summed E-state index contributed by atoms with van der Waals surface area (Å²) >= 11 is 1.41. The summed E-state index contributed by atoms with van der Waals surface area (Å²) in [6.45, 7) is 5.72. The van der Waals surface area contributed by atoms with Crippen LogP contribution in [0.25, 0.3) is 11.3 Å². The third-order valence-electron chi connectivity index (χ3n) is 3.95. The first-order valence-corrected chi connectivity index (χ1v) is 10.1. The third kappa shape index (κ3) is 6.26. The van der Waals surface area contributed by atoms with Crippen molar-refractivity contribution in [1.29, 1.82) is 0 Å². The number of amides is 2. The van der Waals surface area contributed by atoms with E-state index in [9.17, 15) is 9.59 Å². The van der Waals surface area contributed by atoms with Gasteiger partial charge in [-0.2, -0.15) is 0 Å². The predicted octanol–water partition coefficient (Wildman–Crippen LogP) is 4.57. The van der Waals surface area contributed by atoms with Crippen molar-refractivity contribution in [1.82, 2.24) is 9.88 Å². The minimum absolute atomic E-state index is 0.0932. The van der Waals surface area contributed by atoms with Gasteiger partial charge in [0.1, 0.15) is 0 Å². The minimum Gasteiger partial charge on any atom is -0.343 e. The number of hydrogen-bond donors (Lipinski definition) is 1. The minimum atomic E-state index is -0.0932. The summed E-state index contributed by atoms with van der Waals surface area (Å²) in [6.07, 6.45) is 3.23. The van der Waals surface area contributed by atoms with E-state index in [1.54, 1.807) is 0 Å². The standard InChI is InChI=1S/C20H27N3O2S/c1-3-13-23(14-4-2)19(25)12-8-11-18(24)22-20-21-17(15-26-20)16-9-6-5-7-10-16/h5-7,9-10,15H,3-4,8,11-14H2,1-2H3,(H,21,22,24). The first-order valence-electron chi connectivity index (χ1n) is 9.22. The Bertz CT molecular complexity index is 694. The number of hydrogen-bond acceptors (Lipinski definition) is 4. The van der Waals surface area contributed by atoms with Crippen molar-refractivity contribution < 1.29 is 9.59 Å². The van der Waals surface area contributed by atoms with Crippen LogP contribution in [-0.4, -0.2) is 34.8 Å². The Balaban J connectivity index is 1.77. The monoisotopic (exact) mass is 373 g/mol. The average molecular weight is 374 g/mol. The first kappa shape index (κ1) is 20.1. The molecule has 1 N–H and O–H groups in total. The molecule has 1 aromatic heterocycles. The second-order valence-corrected chi connectivity index (χ2v) is 7.04. The van der Waals surface area contributed by atoms with Crippen molar-refractivity contribution in [2.45, 2.75) is 46.0 Å². The Labute approximate surface area is 159 Å². The van der Waals surface area contributed by atoms with Gasteiger partial charge < -0.3 is 10.2 Å². The lowest BCUT2D eigenvalue weighted by atomic mass is 10.2. The molecule has 1 heterocycles. The number of carbonyl (C=O) groups is 2. The van der Waals surface area contributed by atoms with Crippen LogP contribution in [0.5, 0.6) is 0 Å². The van der Waals surface area contributed by atoms with Crippen LogP contribution < -0.4 is 5.32 Å². The van der Waals surface area contributed by atoms with Gasteiger partial charge in [0.15, 0.2) is 5.13 Å². The number of thiazole rings is 1. The molecule has 6 heteroatoms. The van der Waals surface area contributed by atoms with Crippen LogP contribution in [0.2, 0.25) is 0 Å². The molecule has 140 valence electrons. The summed E-state index contributed by atoms with van der Waals surface area (Å²) in [5.74, 6) is 0.0476. The number of nitrogens with one attached hydrogen (secondary N) is 1. The predicted molar refractivity (Wildman–Crippen MR) is 107 cm³/mol. The molecule has 0 aliphatic heterocycles. The number of rotatable bonds is 10. The van der Waals surface area contributed by atoms with E-state index in [0.29, 0.717) is 24.4 Å². The smallest absolute Gasteiger partial charge is 0.226 e. The average Bonchev–Trinajstić information content (AvgIpc) is 3.10. The van der Waals surface area contributed by atoms with E-state index in [-0.39, 0.29) is 11.8 Å². The Morgan fingerprint density at radius 1 is 1.08 bits per heavy atom. The molecule has 0 bridgehead atoms. The van der Waals surface area contributed by atoms with Gasteiger partial charge in [0.2, 0.25) is 11.8 Å². The van der Waals surface area contributed by atoms with Crippen LogP contribution >= 0.6 is 11.3 Å². The van der Waals surface area contributed by atoms with Crippen molar-refractivity contribution in [3.8, 4) is 11.3 Å². The van der Waals surface area contributed by atoms with Crippen LogP contribution in [0.1, 0.15) is 46.0 Å². The lowest BCUT2D eigenvalue weighted by molar-refractivity contribution is -0.131. The summed E-state index contributed by atoms with van der Waals surface area (Å²) in [7, 11) is 0. The number of nitrogens with zero attached hydrogens (tertiary/aromatic N) is 2. The van der Waals surface area contributed by atoms with E-state index in [1.807, 2.05) is 40.6 Å². The van der Waals surface area contributed by atoms with Gasteiger partial charge in [0, 0.05) is 36.9 Å². The molecule has 0 saturated heterocycles. The summed E-state index contributed by atoms with van der Waals surface area (Å²) in [6, 6.07) is 9.87. The molecule has 2 aromatic rings. The molecule has 0 aliphatic carbocycles. The van der Waals surface area contributed by atoms with E-state index >= 15 is 0 Å². The molecular weight excluding hydrogens is 346 g/mol. The zero-order valence-electron chi connectivity index (χ0n) is 15.5. The van der Waals surface area contributed by atoms with Crippen LogP contribution in [-0.2, 0) is 9.59 Å². The zero-order valence-corrected chi connectivity index (χ0v) is 16.3. The lowest BCUT2D eigenvalue weighted by Gasteiger charge is -2.21. The van der Waals surface area contributed by atoms with Crippen molar-refractivity contribution in [3.05, 3.63) is 35.7 Å². The molecule has 0 fully saturated rings. The van der Waals surface area contributed by atoms with Crippen molar-refractivity contribution in [3.63, 3.8) is 0 Å². The lowest BCUT2D eigenvalue weighted by Crippen LogP contribution is -2.32. The fraction of sp³-hybridized carbons (Fsp3) is 0.450. The zero-order chi connectivity index (χ0) is 18.8. The van der Waals surface area contributed by atoms with E-state index < -0.39 is 0 Å². The SMILES string of the molecule is CCCN(CCC)C(=O)CCCC(=O)Nc1nc(-c2ccccc2)cs1. The normalized spacial score (nSPS) is 10.5. The van der Waals surface area contributed by atoms with Crippen LogP contribution in [0, 0.1) is 0 Å². The summed E-state index contributed by atoms with van der Waals surface area (Å²) in [5.41, 5.74) is 1.89. The second kappa shape index (κ2) is 10.7. The Kier molecular flexibility index (Phi) is 8.28. The molecule has 0 spiro atoms. The maximum atomic E-state index is 12.2. The number of anilines is 1. The molecule has 0 aliphatic rings. The van der Waals surface area contributed by atoms with E-state index in [4.69, 9.17) is 0 Å². The van der Waals surface area contributed by atoms with Gasteiger partial charge in [-0.3, -0.25) is 9.59 Å². The second-order valence-electron chi connectivity index (χ2n) is 6.19. The molecule has 5 nitrogen and oxygen atoms in total. The highest BCUT2D eigenvalue weighted by molar-refractivity contribution is 7.14. The molecule has 2 amide bonds. The van der Waals surface area contributed by atoms with Crippen molar-refractivity contribution in [2.24, 2.45) is 0 Å². The Morgan fingerprint density at radius 3 is 2.42 bits per heavy atom. The first-order chi connectivity index (χ1) is 12.6. The number of aromatic nitrogens is 1. The molecule has 1 aromatic carbocycles. The molecule has 0 saturated carbocycles. The van der Waals surface area contributed by atoms with Crippen LogP contribution in [0.3, 0.4) is 0 Å². The maximum absolute atomic E-state index is 12.2. The van der Waals surface area contributed by atoms with Gasteiger partial charge in [-0.25, -0.2) is 4.98 Å². The Hall–Kier alpha value is -2.21. The quantitative estimate of drug-likeness (QED) is 0.664. The molecule has 0 unspecified atom stereocenters. The van der Waals surface area contributed by atoms with Gasteiger partial charge in [0.05, 0.1) is 5.69 Å². The van der Waals surface area contributed by atoms with Gasteiger partial charge >= 0.3 is 0 Å². The highest BCUT2D eigenvalue weighted by Crippen LogP contribution is 2.24. The highest BCUT2D eigenvalue weighted by Gasteiger charge is 2.13. The summed E-state index contributed by atoms with van der Waals surface area (Å²) < 4.78 is 0. The number of benzene rings is 1. The van der Waals surface area contributed by atoms with E-state index in [0.717, 1.165) is 37.2 Å². The van der Waals surface area contributed by atoms with Crippen LogP contribution in [0.15, 0.2) is 35.7 Å². The topological polar surface area (TPSA) is 62.3 Å². The molecule has 0 radical (unpaired) electrons. The fourth-order valence-corrected chi connectivity index (χ4v) is 3.45. The van der Waals surface area contributed by atoms with Gasteiger partial charge in [-0.15, -0.1) is 11.3 Å². The van der Waals surface area contributed by atoms with Crippen molar-refractivity contribution >= 4 is 28.3 Å². The summed E-state index contributed by atoms with van der Waals surface area (Å²) in [4.78, 5) is 30.6. The largest absolute Gasteiger partial charge is 0.343 e. The fourth-order valence-electron chi connectivity index (χ4n) is 2.71. The van der Waals surface area contributed by atoms with Gasteiger partial charge in [0.25, 0.3) is 0 Å². The molecule has 2 rings (SSSR count). The molecule has 0 atom stereocenters. The molecular formula is C20H27N3O2S. The number of carbonyl (C=O) groups excluding carboxylic acids is 2. The third-order valence-corrected chi connectivity index (χ3v) is 4.71. The van der Waals surface area contributed by atoms with Gasteiger partial charge in [-0.1, -0.05) is 44.2 Å². The van der Waals surface area contributed by atoms with Crippen LogP contribution in [0.4, 0.5) is 5.13 Å². The van der Waals surface area contributed by atoms with E-state index in [1.165, 1.54) is 11.3 Å². The highest BCUT2D eigenvalue weighted by atomic mass is 32.1. The van der Waals surface area contributed by atoms with E-state index in [2.05, 4.69) is 24.1 Å². The molecule has 26 heavy (non-hydrogen) atoms. The maximum Gasteiger partial charge on any atom is 0.226 e. The summed E-state index contributed by atoms with van der Waals surface area (Å²) in [5, 5.41) is 5.36. The van der Waals surface area contributed by atoms with Crippen molar-refractivity contribution in [2.75, 3.05) is 18.4 Å². The van der Waals surface area contributed by atoms with Gasteiger partial charge in [-0.05, 0) is 19.3 Å².